The molecule has 0 spiro atoms. The van der Waals surface area contributed by atoms with E-state index >= 15 is 0 Å². The minimum atomic E-state index is -4.67. The van der Waals surface area contributed by atoms with Crippen LogP contribution in [0.25, 0.3) is 22.8 Å². The summed E-state index contributed by atoms with van der Waals surface area (Å²) in [5.74, 6) is -1.56. The minimum Gasteiger partial charge on any atom is -0.329 e. The summed E-state index contributed by atoms with van der Waals surface area (Å²) in [5, 5.41) is 10.9. The summed E-state index contributed by atoms with van der Waals surface area (Å²) in [6.45, 7) is 0. The Labute approximate surface area is 115 Å². The van der Waals surface area contributed by atoms with Gasteiger partial charge in [0.1, 0.15) is 5.69 Å². The number of halogens is 3. The number of rotatable bonds is 2. The summed E-state index contributed by atoms with van der Waals surface area (Å²) in [6, 6.07) is 6.34. The van der Waals surface area contributed by atoms with Gasteiger partial charge in [0.25, 0.3) is 0 Å². The van der Waals surface area contributed by atoms with Gasteiger partial charge in [0, 0.05) is 18.0 Å². The smallest absolute Gasteiger partial charge is 0.329 e. The Bertz CT molecular complexity index is 757. The fraction of sp³-hybridized carbons (Fsp3) is 0.0833. The second-order valence-corrected chi connectivity index (χ2v) is 3.96. The summed E-state index contributed by atoms with van der Waals surface area (Å²) < 4.78 is 41.5. The van der Waals surface area contributed by atoms with Crippen LogP contribution in [0.3, 0.4) is 0 Å². The highest BCUT2D eigenvalue weighted by atomic mass is 19.4. The zero-order chi connectivity index (χ0) is 14.9. The molecule has 0 amide bonds. The van der Waals surface area contributed by atoms with Crippen molar-refractivity contribution in [2.75, 3.05) is 0 Å². The van der Waals surface area contributed by atoms with Gasteiger partial charge in [-0.25, -0.2) is 0 Å². The van der Waals surface area contributed by atoms with Crippen LogP contribution in [-0.2, 0) is 6.18 Å². The molecule has 0 unspecified atom stereocenters. The molecule has 0 aliphatic carbocycles. The van der Waals surface area contributed by atoms with Gasteiger partial charge < -0.3 is 4.52 Å². The minimum absolute atomic E-state index is 0.171. The second-order valence-electron chi connectivity index (χ2n) is 3.96. The lowest BCUT2D eigenvalue weighted by atomic mass is 10.2. The number of nitrogens with zero attached hydrogens (tertiary/aromatic N) is 5. The van der Waals surface area contributed by atoms with Crippen LogP contribution >= 0.6 is 0 Å². The lowest BCUT2D eigenvalue weighted by molar-refractivity contribution is -0.159. The third kappa shape index (κ3) is 2.71. The van der Waals surface area contributed by atoms with E-state index < -0.39 is 12.1 Å². The molecular weight excluding hydrogens is 287 g/mol. The highest BCUT2D eigenvalue weighted by molar-refractivity contribution is 5.63. The third-order valence-electron chi connectivity index (χ3n) is 2.52. The molecule has 0 saturated heterocycles. The molecular formula is C12H6F3N5O. The number of hydrogen-bond donors (Lipinski definition) is 0. The molecule has 0 aliphatic heterocycles. The Balaban J connectivity index is 1.99. The topological polar surface area (TPSA) is 77.6 Å². The summed E-state index contributed by atoms with van der Waals surface area (Å²) >= 11 is 0. The molecule has 0 aromatic carbocycles. The lowest BCUT2D eigenvalue weighted by Crippen LogP contribution is -2.04. The molecule has 0 aliphatic rings. The third-order valence-corrected chi connectivity index (χ3v) is 2.52. The zero-order valence-electron chi connectivity index (χ0n) is 10.2. The Morgan fingerprint density at radius 1 is 1.05 bits per heavy atom. The molecule has 3 aromatic heterocycles. The van der Waals surface area contributed by atoms with Crippen molar-refractivity contribution in [2.24, 2.45) is 0 Å². The van der Waals surface area contributed by atoms with Crippen LogP contribution in [-0.4, -0.2) is 25.3 Å². The van der Waals surface area contributed by atoms with E-state index in [1.807, 2.05) is 0 Å². The Morgan fingerprint density at radius 3 is 2.57 bits per heavy atom. The molecule has 9 heteroatoms. The summed E-state index contributed by atoms with van der Waals surface area (Å²) in [7, 11) is 0. The van der Waals surface area contributed by atoms with Gasteiger partial charge in [-0.05, 0) is 24.3 Å². The molecule has 0 saturated carbocycles. The normalized spacial score (nSPS) is 11.6. The molecule has 0 radical (unpaired) electrons. The van der Waals surface area contributed by atoms with Gasteiger partial charge in [0.05, 0.1) is 5.69 Å². The van der Waals surface area contributed by atoms with E-state index in [2.05, 4.69) is 29.8 Å². The maximum atomic E-state index is 12.4. The van der Waals surface area contributed by atoms with Crippen molar-refractivity contribution in [3.05, 3.63) is 42.5 Å². The molecule has 3 heterocycles. The van der Waals surface area contributed by atoms with E-state index in [1.165, 1.54) is 24.5 Å². The Morgan fingerprint density at radius 2 is 1.90 bits per heavy atom. The SMILES string of the molecule is FC(F)(F)c1nc(-c2ccnc(-c3cccnn3)c2)no1. The van der Waals surface area contributed by atoms with Crippen molar-refractivity contribution in [1.82, 2.24) is 25.3 Å². The van der Waals surface area contributed by atoms with Crippen molar-refractivity contribution < 1.29 is 17.7 Å². The van der Waals surface area contributed by atoms with E-state index in [0.29, 0.717) is 17.0 Å². The summed E-state index contributed by atoms with van der Waals surface area (Å²) in [5.41, 5.74) is 1.27. The van der Waals surface area contributed by atoms with Crippen LogP contribution < -0.4 is 0 Å². The van der Waals surface area contributed by atoms with Crippen LogP contribution in [0.1, 0.15) is 5.89 Å². The van der Waals surface area contributed by atoms with Crippen molar-refractivity contribution in [3.8, 4) is 22.8 Å². The standard InChI is InChI=1S/C12H6F3N5O/c13-12(14,15)11-18-10(20-21-11)7-3-5-16-9(6-7)8-2-1-4-17-19-8/h1-6H. The van der Waals surface area contributed by atoms with Crippen LogP contribution in [0.15, 0.2) is 41.2 Å². The average molecular weight is 293 g/mol. The van der Waals surface area contributed by atoms with Crippen molar-refractivity contribution in [2.45, 2.75) is 6.18 Å². The number of aromatic nitrogens is 5. The molecule has 0 N–H and O–H groups in total. The average Bonchev–Trinajstić information content (AvgIpc) is 2.98. The Kier molecular flexibility index (Phi) is 3.09. The highest BCUT2D eigenvalue weighted by Crippen LogP contribution is 2.29. The van der Waals surface area contributed by atoms with Gasteiger partial charge in [-0.2, -0.15) is 23.3 Å². The highest BCUT2D eigenvalue weighted by Gasteiger charge is 2.38. The van der Waals surface area contributed by atoms with Crippen LogP contribution in [0.4, 0.5) is 13.2 Å². The predicted octanol–water partition coefficient (Wildman–Crippen LogP) is 2.61. The first-order valence-corrected chi connectivity index (χ1v) is 5.69. The first kappa shape index (κ1) is 13.2. The second kappa shape index (κ2) is 4.93. The fourth-order valence-corrected chi connectivity index (χ4v) is 1.60. The van der Waals surface area contributed by atoms with E-state index in [-0.39, 0.29) is 5.82 Å². The summed E-state index contributed by atoms with van der Waals surface area (Å²) in [4.78, 5) is 7.40. The maximum absolute atomic E-state index is 12.4. The van der Waals surface area contributed by atoms with Crippen molar-refractivity contribution in [1.29, 1.82) is 0 Å². The molecule has 0 atom stereocenters. The van der Waals surface area contributed by atoms with E-state index in [4.69, 9.17) is 0 Å². The fourth-order valence-electron chi connectivity index (χ4n) is 1.60. The number of hydrogen-bond acceptors (Lipinski definition) is 6. The molecule has 0 bridgehead atoms. The van der Waals surface area contributed by atoms with E-state index in [0.717, 1.165) is 0 Å². The van der Waals surface area contributed by atoms with Crippen LogP contribution in [0, 0.1) is 0 Å². The quantitative estimate of drug-likeness (QED) is 0.722. The summed E-state index contributed by atoms with van der Waals surface area (Å²) in [6.07, 6.45) is -1.75. The molecule has 106 valence electrons. The monoisotopic (exact) mass is 293 g/mol. The van der Waals surface area contributed by atoms with Crippen LogP contribution in [0.2, 0.25) is 0 Å². The lowest BCUT2D eigenvalue weighted by Gasteiger charge is -2.00. The van der Waals surface area contributed by atoms with Gasteiger partial charge in [-0.1, -0.05) is 5.16 Å². The first-order valence-electron chi connectivity index (χ1n) is 5.69. The predicted molar refractivity (Wildman–Crippen MR) is 63.6 cm³/mol. The first-order chi connectivity index (χ1) is 10.0. The van der Waals surface area contributed by atoms with Gasteiger partial charge in [-0.15, -0.1) is 5.10 Å². The zero-order valence-corrected chi connectivity index (χ0v) is 10.2. The molecule has 3 rings (SSSR count). The molecule has 6 nitrogen and oxygen atoms in total. The number of pyridine rings is 1. The van der Waals surface area contributed by atoms with Crippen molar-refractivity contribution >= 4 is 0 Å². The van der Waals surface area contributed by atoms with Crippen LogP contribution in [0.5, 0.6) is 0 Å². The van der Waals surface area contributed by atoms with Crippen molar-refractivity contribution in [3.63, 3.8) is 0 Å². The molecule has 21 heavy (non-hydrogen) atoms. The maximum Gasteiger partial charge on any atom is 0.471 e. The largest absolute Gasteiger partial charge is 0.471 e. The Hall–Kier alpha value is -2.84. The van der Waals surface area contributed by atoms with Gasteiger partial charge in [0.15, 0.2) is 0 Å². The van der Waals surface area contributed by atoms with E-state index in [1.54, 1.807) is 12.1 Å². The molecule has 3 aromatic rings. The molecule has 0 fully saturated rings. The number of alkyl halides is 3. The van der Waals surface area contributed by atoms with Gasteiger partial charge in [0.2, 0.25) is 5.82 Å². The van der Waals surface area contributed by atoms with Gasteiger partial charge in [-0.3, -0.25) is 4.98 Å². The van der Waals surface area contributed by atoms with E-state index in [9.17, 15) is 13.2 Å². The van der Waals surface area contributed by atoms with Gasteiger partial charge >= 0.3 is 12.1 Å².